The molecule has 2 aromatic heterocycles. The Labute approximate surface area is 237 Å². The van der Waals surface area contributed by atoms with Crippen molar-refractivity contribution in [2.45, 2.75) is 13.1 Å². The van der Waals surface area contributed by atoms with E-state index in [-0.39, 0.29) is 28.9 Å². The van der Waals surface area contributed by atoms with Crippen molar-refractivity contribution in [3.05, 3.63) is 116 Å². The van der Waals surface area contributed by atoms with E-state index < -0.39 is 35.4 Å². The van der Waals surface area contributed by atoms with E-state index in [9.17, 15) is 28.3 Å². The van der Waals surface area contributed by atoms with Crippen LogP contribution in [0.2, 0.25) is 0 Å². The summed E-state index contributed by atoms with van der Waals surface area (Å²) in [4.78, 5) is 42.0. The van der Waals surface area contributed by atoms with Gasteiger partial charge in [0, 0.05) is 29.7 Å². The standard InChI is InChI=1S/C30H26F2N4O4S/c1-33-19-13-11-18(12-14-19)27-22(15-34(2)17-25(37)38)26-28(39)36(20-7-4-3-5-8-20)30(40)35(29(26)41-27)16-21-23(31)9-6-10-24(21)32/h3-14,33H,15-17H2,1-2H3,(H,37,38). The van der Waals surface area contributed by atoms with Gasteiger partial charge >= 0.3 is 11.7 Å². The molecule has 0 spiro atoms. The number of aliphatic carboxylic acids is 1. The summed E-state index contributed by atoms with van der Waals surface area (Å²) in [5, 5.41) is 12.6. The number of likely N-dealkylation sites (N-methyl/N-ethyl adjacent to an activating group) is 1. The van der Waals surface area contributed by atoms with E-state index in [1.54, 1.807) is 49.3 Å². The zero-order valence-electron chi connectivity index (χ0n) is 22.2. The summed E-state index contributed by atoms with van der Waals surface area (Å²) in [5.74, 6) is -2.67. The maximum atomic E-state index is 14.8. The molecular weight excluding hydrogens is 550 g/mol. The SMILES string of the molecule is CNc1ccc(-c2sc3c(c2CN(C)CC(=O)O)c(=O)n(-c2ccccc2)c(=O)n3Cc2c(F)cccc2F)cc1. The van der Waals surface area contributed by atoms with E-state index >= 15 is 0 Å². The second-order valence-corrected chi connectivity index (χ2v) is 10.5. The molecule has 210 valence electrons. The maximum Gasteiger partial charge on any atom is 0.337 e. The minimum Gasteiger partial charge on any atom is -0.480 e. The lowest BCUT2D eigenvalue weighted by Gasteiger charge is -2.16. The number of nitrogens with zero attached hydrogens (tertiary/aromatic N) is 3. The van der Waals surface area contributed by atoms with Crippen molar-refractivity contribution in [3.63, 3.8) is 0 Å². The van der Waals surface area contributed by atoms with Crippen LogP contribution in [0.5, 0.6) is 0 Å². The van der Waals surface area contributed by atoms with Crippen LogP contribution in [0.1, 0.15) is 11.1 Å². The van der Waals surface area contributed by atoms with Crippen LogP contribution >= 0.6 is 11.3 Å². The molecule has 5 aromatic rings. The van der Waals surface area contributed by atoms with Gasteiger partial charge in [-0.25, -0.2) is 18.1 Å². The highest BCUT2D eigenvalue weighted by molar-refractivity contribution is 7.22. The molecule has 2 heterocycles. The first-order valence-corrected chi connectivity index (χ1v) is 13.5. The number of rotatable bonds is 9. The number of thiophene rings is 1. The molecular formula is C30H26F2N4O4S. The summed E-state index contributed by atoms with van der Waals surface area (Å²) in [7, 11) is 3.40. The average Bonchev–Trinajstić information content (AvgIpc) is 3.31. The molecule has 5 rings (SSSR count). The number of para-hydroxylation sites is 1. The van der Waals surface area contributed by atoms with Gasteiger partial charge in [-0.2, -0.15) is 0 Å². The first-order chi connectivity index (χ1) is 19.7. The molecule has 0 aliphatic heterocycles. The summed E-state index contributed by atoms with van der Waals surface area (Å²) in [6.07, 6.45) is 0. The Balaban J connectivity index is 1.87. The molecule has 0 bridgehead atoms. The van der Waals surface area contributed by atoms with E-state index in [2.05, 4.69) is 5.32 Å². The van der Waals surface area contributed by atoms with Gasteiger partial charge in [-0.1, -0.05) is 36.4 Å². The number of carboxylic acids is 1. The molecule has 0 saturated carbocycles. The monoisotopic (exact) mass is 576 g/mol. The quantitative estimate of drug-likeness (QED) is 0.263. The number of aromatic nitrogens is 2. The van der Waals surface area contributed by atoms with Crippen LogP contribution in [0.25, 0.3) is 26.3 Å². The summed E-state index contributed by atoms with van der Waals surface area (Å²) in [6, 6.07) is 19.2. The molecule has 2 N–H and O–H groups in total. The van der Waals surface area contributed by atoms with E-state index in [4.69, 9.17) is 0 Å². The van der Waals surface area contributed by atoms with Crippen LogP contribution in [0, 0.1) is 11.6 Å². The molecule has 0 amide bonds. The van der Waals surface area contributed by atoms with Gasteiger partial charge in [0.25, 0.3) is 5.56 Å². The number of anilines is 1. The van der Waals surface area contributed by atoms with Crippen LogP contribution in [0.15, 0.2) is 82.4 Å². The lowest BCUT2D eigenvalue weighted by atomic mass is 10.1. The third kappa shape index (κ3) is 5.41. The lowest BCUT2D eigenvalue weighted by Crippen LogP contribution is -2.39. The molecule has 0 aliphatic carbocycles. The van der Waals surface area contributed by atoms with Crippen molar-refractivity contribution >= 4 is 33.2 Å². The van der Waals surface area contributed by atoms with Gasteiger partial charge in [0.1, 0.15) is 16.5 Å². The lowest BCUT2D eigenvalue weighted by molar-refractivity contribution is -0.138. The number of hydrogen-bond donors (Lipinski definition) is 2. The van der Waals surface area contributed by atoms with E-state index in [0.717, 1.165) is 39.3 Å². The Hall–Kier alpha value is -4.61. The van der Waals surface area contributed by atoms with Gasteiger partial charge in [0.15, 0.2) is 0 Å². The molecule has 0 unspecified atom stereocenters. The fourth-order valence-corrected chi connectivity index (χ4v) is 6.09. The second-order valence-electron chi connectivity index (χ2n) is 9.53. The zero-order valence-corrected chi connectivity index (χ0v) is 23.0. The maximum absolute atomic E-state index is 14.8. The fraction of sp³-hybridized carbons (Fsp3) is 0.167. The van der Waals surface area contributed by atoms with Crippen molar-refractivity contribution in [2.24, 2.45) is 0 Å². The molecule has 0 atom stereocenters. The van der Waals surface area contributed by atoms with Crippen molar-refractivity contribution < 1.29 is 18.7 Å². The Kier molecular flexibility index (Phi) is 7.82. The summed E-state index contributed by atoms with van der Waals surface area (Å²) < 4.78 is 31.8. The van der Waals surface area contributed by atoms with Gasteiger partial charge in [-0.3, -0.25) is 19.1 Å². The molecule has 11 heteroatoms. The number of hydrogen-bond acceptors (Lipinski definition) is 6. The molecule has 0 fully saturated rings. The van der Waals surface area contributed by atoms with Crippen molar-refractivity contribution in [2.75, 3.05) is 26.0 Å². The number of carbonyl (C=O) groups is 1. The van der Waals surface area contributed by atoms with Crippen molar-refractivity contribution in [1.82, 2.24) is 14.0 Å². The van der Waals surface area contributed by atoms with Crippen LogP contribution < -0.4 is 16.6 Å². The zero-order chi connectivity index (χ0) is 29.3. The number of benzene rings is 3. The highest BCUT2D eigenvalue weighted by Crippen LogP contribution is 2.38. The molecule has 3 aromatic carbocycles. The predicted octanol–water partition coefficient (Wildman–Crippen LogP) is 4.77. The van der Waals surface area contributed by atoms with Crippen LogP contribution in [-0.4, -0.2) is 45.8 Å². The number of nitrogens with one attached hydrogen (secondary N) is 1. The predicted molar refractivity (Wildman–Crippen MR) is 156 cm³/mol. The van der Waals surface area contributed by atoms with Gasteiger partial charge in [-0.05, 0) is 54.6 Å². The van der Waals surface area contributed by atoms with Crippen LogP contribution in [-0.2, 0) is 17.9 Å². The summed E-state index contributed by atoms with van der Waals surface area (Å²) >= 11 is 1.15. The highest BCUT2D eigenvalue weighted by atomic mass is 32.1. The van der Waals surface area contributed by atoms with Gasteiger partial charge in [-0.15, -0.1) is 11.3 Å². The third-order valence-electron chi connectivity index (χ3n) is 6.73. The Morgan fingerprint density at radius 3 is 2.22 bits per heavy atom. The molecule has 0 saturated heterocycles. The Morgan fingerprint density at radius 2 is 1.61 bits per heavy atom. The van der Waals surface area contributed by atoms with Gasteiger partial charge in [0.2, 0.25) is 0 Å². The molecule has 0 aliphatic rings. The number of halogens is 2. The largest absolute Gasteiger partial charge is 0.480 e. The first-order valence-electron chi connectivity index (χ1n) is 12.7. The second kappa shape index (κ2) is 11.5. The topological polar surface area (TPSA) is 96.6 Å². The molecule has 0 radical (unpaired) electrons. The first kappa shape index (κ1) is 27.9. The molecule has 41 heavy (non-hydrogen) atoms. The Bertz CT molecular complexity index is 1840. The highest BCUT2D eigenvalue weighted by Gasteiger charge is 2.26. The van der Waals surface area contributed by atoms with Crippen LogP contribution in [0.4, 0.5) is 14.5 Å². The van der Waals surface area contributed by atoms with E-state index in [1.807, 2.05) is 24.3 Å². The van der Waals surface area contributed by atoms with Crippen molar-refractivity contribution in [1.29, 1.82) is 0 Å². The third-order valence-corrected chi connectivity index (χ3v) is 8.04. The van der Waals surface area contributed by atoms with Crippen LogP contribution in [0.3, 0.4) is 0 Å². The number of fused-ring (bicyclic) bond motifs is 1. The number of carboxylic acid groups (broad SMARTS) is 1. The van der Waals surface area contributed by atoms with E-state index in [0.29, 0.717) is 16.1 Å². The summed E-state index contributed by atoms with van der Waals surface area (Å²) in [5.41, 5.74) is 0.747. The average molecular weight is 577 g/mol. The molecule has 8 nitrogen and oxygen atoms in total. The smallest absolute Gasteiger partial charge is 0.337 e. The minimum absolute atomic E-state index is 0.0751. The minimum atomic E-state index is -1.04. The fourth-order valence-electron chi connectivity index (χ4n) is 4.78. The van der Waals surface area contributed by atoms with E-state index in [1.165, 1.54) is 10.6 Å². The normalized spacial score (nSPS) is 11.3. The summed E-state index contributed by atoms with van der Waals surface area (Å²) in [6.45, 7) is -0.669. The van der Waals surface area contributed by atoms with Crippen molar-refractivity contribution in [3.8, 4) is 16.1 Å². The Morgan fingerprint density at radius 1 is 0.951 bits per heavy atom. The van der Waals surface area contributed by atoms with Gasteiger partial charge in [0.05, 0.1) is 24.2 Å². The van der Waals surface area contributed by atoms with Gasteiger partial charge < -0.3 is 10.4 Å².